The summed E-state index contributed by atoms with van der Waals surface area (Å²) in [7, 11) is 11.0. The fourth-order valence-electron chi connectivity index (χ4n) is 2.24. The van der Waals surface area contributed by atoms with Crippen LogP contribution < -0.4 is 0 Å². The first-order valence-corrected chi connectivity index (χ1v) is 17.8. The van der Waals surface area contributed by atoms with Gasteiger partial charge in [-0.1, -0.05) is 71.6 Å². The standard InChI is InChI=1S/2C9H5Cl2.C2H6Si.2ClH.Zr/c2*10-8-4-6-2-1-3-7(6)5-9(8)11;1-3-2;;;/h2*1-5H;1-2H3;2*1H;/q2*-1;;;;+4/p-2. The van der Waals surface area contributed by atoms with Crippen LogP contribution in [0.2, 0.25) is 33.2 Å². The zero-order chi connectivity index (χ0) is 21.1. The fraction of sp³-hybridized carbons (Fsp3) is 0.100. The van der Waals surface area contributed by atoms with Gasteiger partial charge in [-0.2, -0.15) is 24.3 Å². The summed E-state index contributed by atoms with van der Waals surface area (Å²) < 4.78 is 0. The summed E-state index contributed by atoms with van der Waals surface area (Å²) in [6.07, 6.45) is 0. The van der Waals surface area contributed by atoms with E-state index in [4.69, 9.17) is 63.4 Å². The summed E-state index contributed by atoms with van der Waals surface area (Å²) in [5.74, 6) is 0. The van der Waals surface area contributed by atoms with E-state index in [1.54, 1.807) is 0 Å². The van der Waals surface area contributed by atoms with Crippen LogP contribution in [0.4, 0.5) is 0 Å². The number of benzene rings is 2. The molecule has 0 atom stereocenters. The van der Waals surface area contributed by atoms with Crippen molar-refractivity contribution in [3.8, 4) is 0 Å². The average molecular weight is 588 g/mol. The Morgan fingerprint density at radius 2 is 0.964 bits per heavy atom. The molecule has 4 aromatic rings. The van der Waals surface area contributed by atoms with E-state index in [0.717, 1.165) is 31.1 Å². The molecule has 0 aliphatic carbocycles. The normalized spacial score (nSPS) is 9.43. The van der Waals surface area contributed by atoms with Crippen LogP contribution >= 0.6 is 63.4 Å². The number of fused-ring (bicyclic) bond motifs is 2. The summed E-state index contributed by atoms with van der Waals surface area (Å²) in [5, 5.41) is 7.02. The molecule has 146 valence electrons. The van der Waals surface area contributed by atoms with Gasteiger partial charge in [-0.25, -0.2) is 0 Å². The van der Waals surface area contributed by atoms with Gasteiger partial charge in [0.15, 0.2) is 0 Å². The Bertz CT molecular complexity index is 827. The minimum atomic E-state index is -0.826. The Morgan fingerprint density at radius 3 is 1.29 bits per heavy atom. The molecule has 0 heterocycles. The molecule has 0 aliphatic rings. The van der Waals surface area contributed by atoms with Crippen molar-refractivity contribution in [3.05, 3.63) is 80.8 Å². The van der Waals surface area contributed by atoms with E-state index in [1.165, 1.54) is 0 Å². The number of hydrogen-bond acceptors (Lipinski definition) is 0. The van der Waals surface area contributed by atoms with Gasteiger partial charge >= 0.3 is 37.9 Å². The van der Waals surface area contributed by atoms with Crippen molar-refractivity contribution in [2.45, 2.75) is 13.1 Å². The van der Waals surface area contributed by atoms with Crippen LogP contribution in [0.25, 0.3) is 21.5 Å². The van der Waals surface area contributed by atoms with Crippen LogP contribution in [0.5, 0.6) is 0 Å². The fourth-order valence-corrected chi connectivity index (χ4v) is 2.93. The van der Waals surface area contributed by atoms with E-state index in [9.17, 15) is 0 Å². The molecule has 0 amide bonds. The predicted octanol–water partition coefficient (Wildman–Crippen LogP) is 9.89. The Morgan fingerprint density at radius 1 is 0.679 bits per heavy atom. The van der Waals surface area contributed by atoms with E-state index in [-0.39, 0.29) is 0 Å². The van der Waals surface area contributed by atoms with Crippen LogP contribution in [0, 0.1) is 0 Å². The Hall–Kier alpha value is 0.500. The second kappa shape index (κ2) is 14.5. The van der Waals surface area contributed by atoms with Crippen LogP contribution in [0.15, 0.2) is 60.7 Å². The van der Waals surface area contributed by atoms with E-state index < -0.39 is 20.8 Å². The van der Waals surface area contributed by atoms with Crippen molar-refractivity contribution in [2.24, 2.45) is 0 Å². The molecular weight excluding hydrogens is 572 g/mol. The molecule has 0 saturated carbocycles. The summed E-state index contributed by atoms with van der Waals surface area (Å²) in [6, 6.07) is 19.5. The predicted molar refractivity (Wildman–Crippen MR) is 128 cm³/mol. The van der Waals surface area contributed by atoms with Gasteiger partial charge in [0.25, 0.3) is 0 Å². The molecule has 0 fully saturated rings. The molecule has 0 unspecified atom stereocenters. The summed E-state index contributed by atoms with van der Waals surface area (Å²) in [4.78, 5) is 0. The molecule has 8 heteroatoms. The Labute approximate surface area is 207 Å². The molecule has 0 nitrogen and oxygen atoms in total. The first-order valence-electron chi connectivity index (χ1n) is 7.93. The van der Waals surface area contributed by atoms with Crippen molar-refractivity contribution in [1.82, 2.24) is 0 Å². The Kier molecular flexibility index (Phi) is 13.7. The first kappa shape index (κ1) is 26.5. The van der Waals surface area contributed by atoms with Gasteiger partial charge in [-0.05, 0) is 0 Å². The van der Waals surface area contributed by atoms with Crippen LogP contribution in [-0.2, 0) is 20.8 Å². The number of hydrogen-bond donors (Lipinski definition) is 0. The molecule has 0 saturated heterocycles. The third kappa shape index (κ3) is 8.70. The molecule has 2 radical (unpaired) electrons. The monoisotopic (exact) mass is 584 g/mol. The van der Waals surface area contributed by atoms with Crippen molar-refractivity contribution < 1.29 is 20.8 Å². The average Bonchev–Trinajstić information content (AvgIpc) is 3.27. The third-order valence-corrected chi connectivity index (χ3v) is 4.80. The van der Waals surface area contributed by atoms with Crippen molar-refractivity contribution in [1.29, 1.82) is 0 Å². The van der Waals surface area contributed by atoms with Gasteiger partial charge in [0.05, 0.1) is 0 Å². The summed E-state index contributed by atoms with van der Waals surface area (Å²) >= 11 is 22.4. The van der Waals surface area contributed by atoms with Crippen molar-refractivity contribution >= 4 is 94.5 Å². The van der Waals surface area contributed by atoms with E-state index in [2.05, 4.69) is 13.1 Å². The molecule has 0 N–H and O–H groups in total. The van der Waals surface area contributed by atoms with Crippen LogP contribution in [0.1, 0.15) is 0 Å². The van der Waals surface area contributed by atoms with Crippen LogP contribution in [-0.4, -0.2) is 9.52 Å². The maximum absolute atomic E-state index is 5.81. The SMILES string of the molecule is C[Si]C.Clc1cc2cc[cH-]c2cc1Cl.Clc1cc2cc[cH-]c2cc1Cl.[Cl][Zr+2][Cl]. The molecule has 0 spiro atoms. The molecule has 4 rings (SSSR count). The van der Waals surface area contributed by atoms with E-state index in [0.29, 0.717) is 20.1 Å². The first-order chi connectivity index (χ1) is 13.4. The molecule has 0 bridgehead atoms. The number of rotatable bonds is 0. The molecule has 4 aromatic carbocycles. The minimum absolute atomic E-state index is 0.616. The van der Waals surface area contributed by atoms with Crippen LogP contribution in [0.3, 0.4) is 0 Å². The van der Waals surface area contributed by atoms with Gasteiger partial charge in [0, 0.05) is 29.6 Å². The summed E-state index contributed by atoms with van der Waals surface area (Å²) in [5.41, 5.74) is 0. The van der Waals surface area contributed by atoms with Gasteiger partial charge in [0.2, 0.25) is 0 Å². The van der Waals surface area contributed by atoms with Gasteiger partial charge in [0.1, 0.15) is 0 Å². The zero-order valence-electron chi connectivity index (χ0n) is 15.0. The van der Waals surface area contributed by atoms with Gasteiger partial charge in [-0.15, -0.1) is 45.8 Å². The van der Waals surface area contributed by atoms with Crippen molar-refractivity contribution in [3.63, 3.8) is 0 Å². The molecule has 0 aliphatic heterocycles. The second-order valence-electron chi connectivity index (χ2n) is 5.41. The number of halogens is 6. The van der Waals surface area contributed by atoms with Gasteiger partial charge < -0.3 is 0 Å². The topological polar surface area (TPSA) is 0 Å². The quantitative estimate of drug-likeness (QED) is 0.142. The third-order valence-electron chi connectivity index (χ3n) is 3.36. The maximum atomic E-state index is 5.81. The molecule has 28 heavy (non-hydrogen) atoms. The summed E-state index contributed by atoms with van der Waals surface area (Å²) in [6.45, 7) is 4.31. The van der Waals surface area contributed by atoms with E-state index in [1.807, 2.05) is 60.7 Å². The van der Waals surface area contributed by atoms with Gasteiger partial charge in [-0.3, -0.25) is 0 Å². The second-order valence-corrected chi connectivity index (χ2v) is 11.8. The zero-order valence-corrected chi connectivity index (χ0v) is 23.0. The Balaban J connectivity index is 0.000000220. The van der Waals surface area contributed by atoms with E-state index >= 15 is 0 Å². The van der Waals surface area contributed by atoms with Crippen molar-refractivity contribution in [2.75, 3.05) is 0 Å². The molecule has 0 aromatic heterocycles. The molecular formula is C20H16Cl6SiZr.